The average Bonchev–Trinajstić information content (AvgIpc) is 3.23. The number of hydrogen-bond acceptors (Lipinski definition) is 4. The number of hydrogen-bond donors (Lipinski definition) is 2. The highest BCUT2D eigenvalue weighted by atomic mass is 19.1. The van der Waals surface area contributed by atoms with Crippen LogP contribution in [0.4, 0.5) is 10.1 Å². The van der Waals surface area contributed by atoms with Crippen molar-refractivity contribution in [1.82, 2.24) is 10.2 Å². The first-order chi connectivity index (χ1) is 14.0. The second kappa shape index (κ2) is 6.58. The van der Waals surface area contributed by atoms with E-state index in [4.69, 9.17) is 4.74 Å². The Labute approximate surface area is 165 Å². The fourth-order valence-electron chi connectivity index (χ4n) is 4.24. The predicted octanol–water partition coefficient (Wildman–Crippen LogP) is 1.78. The summed E-state index contributed by atoms with van der Waals surface area (Å²) in [6.45, 7) is 0.878. The van der Waals surface area contributed by atoms with E-state index in [1.807, 2.05) is 0 Å². The summed E-state index contributed by atoms with van der Waals surface area (Å²) in [7, 11) is 0. The van der Waals surface area contributed by atoms with Gasteiger partial charge in [-0.2, -0.15) is 0 Å². The highest BCUT2D eigenvalue weighted by Gasteiger charge is 2.41. The molecule has 29 heavy (non-hydrogen) atoms. The van der Waals surface area contributed by atoms with Gasteiger partial charge >= 0.3 is 0 Å². The monoisotopic (exact) mass is 395 g/mol. The fourth-order valence-corrected chi connectivity index (χ4v) is 4.24. The van der Waals surface area contributed by atoms with E-state index in [-0.39, 0.29) is 41.9 Å². The van der Waals surface area contributed by atoms with Gasteiger partial charge in [-0.1, -0.05) is 6.07 Å². The molecule has 3 aliphatic heterocycles. The Morgan fingerprint density at radius 3 is 2.76 bits per heavy atom. The first kappa shape index (κ1) is 17.7. The van der Waals surface area contributed by atoms with E-state index in [2.05, 4.69) is 10.6 Å². The molecular formula is C21H18FN3O4. The van der Waals surface area contributed by atoms with Gasteiger partial charge in [-0.25, -0.2) is 4.39 Å². The fraction of sp³-hybridized carbons (Fsp3) is 0.286. The van der Waals surface area contributed by atoms with Crippen molar-refractivity contribution in [2.24, 2.45) is 5.92 Å². The Morgan fingerprint density at radius 2 is 1.93 bits per heavy atom. The molecular weight excluding hydrogens is 377 g/mol. The molecule has 148 valence electrons. The Balaban J connectivity index is 1.42. The summed E-state index contributed by atoms with van der Waals surface area (Å²) < 4.78 is 19.7. The number of benzene rings is 2. The third kappa shape index (κ3) is 3.20. The molecule has 7 nitrogen and oxygen atoms in total. The summed E-state index contributed by atoms with van der Waals surface area (Å²) in [5.41, 5.74) is 1.96. The van der Waals surface area contributed by atoms with Gasteiger partial charge in [0.25, 0.3) is 11.8 Å². The van der Waals surface area contributed by atoms with Crippen molar-refractivity contribution in [2.45, 2.75) is 12.5 Å². The van der Waals surface area contributed by atoms with Crippen molar-refractivity contribution < 1.29 is 23.5 Å². The summed E-state index contributed by atoms with van der Waals surface area (Å²) in [5.74, 6) is -0.351. The topological polar surface area (TPSA) is 87.7 Å². The number of nitrogens with zero attached hydrogens (tertiary/aromatic N) is 1. The molecule has 3 amide bonds. The third-order valence-corrected chi connectivity index (χ3v) is 5.61. The van der Waals surface area contributed by atoms with E-state index in [0.29, 0.717) is 42.1 Å². The van der Waals surface area contributed by atoms with Crippen molar-refractivity contribution in [3.8, 4) is 16.9 Å². The van der Waals surface area contributed by atoms with E-state index in [9.17, 15) is 18.8 Å². The van der Waals surface area contributed by atoms with Crippen LogP contribution in [0.15, 0.2) is 36.4 Å². The van der Waals surface area contributed by atoms with Crippen molar-refractivity contribution in [3.05, 3.63) is 47.8 Å². The summed E-state index contributed by atoms with van der Waals surface area (Å²) in [6, 6.07) is 9.36. The van der Waals surface area contributed by atoms with Gasteiger partial charge in [0, 0.05) is 31.0 Å². The van der Waals surface area contributed by atoms with Gasteiger partial charge in [-0.3, -0.25) is 14.4 Å². The second-order valence-electron chi connectivity index (χ2n) is 7.62. The molecule has 0 bridgehead atoms. The number of ether oxygens (including phenoxy) is 1. The minimum Gasteiger partial charge on any atom is -0.482 e. The van der Waals surface area contributed by atoms with Crippen LogP contribution < -0.4 is 15.4 Å². The number of anilines is 1. The number of fused-ring (bicyclic) bond motifs is 2. The molecule has 0 saturated carbocycles. The van der Waals surface area contributed by atoms with Crippen LogP contribution in [0.3, 0.4) is 0 Å². The third-order valence-electron chi connectivity index (χ3n) is 5.61. The van der Waals surface area contributed by atoms with Crippen LogP contribution >= 0.6 is 0 Å². The molecule has 3 aliphatic rings. The summed E-state index contributed by atoms with van der Waals surface area (Å²) >= 11 is 0. The van der Waals surface area contributed by atoms with Crippen LogP contribution in [-0.2, 0) is 9.59 Å². The number of carbonyl (C=O) groups is 3. The normalized spacial score (nSPS) is 22.4. The van der Waals surface area contributed by atoms with Gasteiger partial charge < -0.3 is 20.3 Å². The Hall–Kier alpha value is -3.42. The Bertz CT molecular complexity index is 1040. The first-order valence-electron chi connectivity index (χ1n) is 9.42. The quantitative estimate of drug-likeness (QED) is 0.812. The maximum atomic E-state index is 14.3. The zero-order valence-electron chi connectivity index (χ0n) is 15.4. The molecule has 0 spiro atoms. The molecule has 2 atom stereocenters. The molecule has 2 N–H and O–H groups in total. The Morgan fingerprint density at radius 1 is 1.07 bits per heavy atom. The lowest BCUT2D eigenvalue weighted by atomic mass is 10.0. The van der Waals surface area contributed by atoms with Gasteiger partial charge in [0.05, 0.1) is 11.7 Å². The number of nitrogens with one attached hydrogen (secondary N) is 2. The minimum atomic E-state index is -0.517. The van der Waals surface area contributed by atoms with E-state index < -0.39 is 5.82 Å². The molecule has 2 aromatic rings. The number of halogens is 1. The standard InChI is InChI=1S/C21H18FN3O4/c22-15-4-12(11-1-2-18-16(6-11)23-20(27)10-29-18)3-13(5-15)21(28)25-8-14-7-19(26)24-17(14)9-25/h1-6,14,17H,7-10H2,(H,23,27)(H,24,26)/t14-,17+/m0/s1. The van der Waals surface area contributed by atoms with Gasteiger partial charge in [-0.05, 0) is 41.5 Å². The largest absolute Gasteiger partial charge is 0.482 e. The SMILES string of the molecule is O=C1COc2ccc(-c3cc(F)cc(C(=O)N4C[C@@H]5CC(=O)N[C@@H]5C4)c3)cc2N1. The van der Waals surface area contributed by atoms with E-state index in [0.717, 1.165) is 0 Å². The predicted molar refractivity (Wildman–Crippen MR) is 102 cm³/mol. The van der Waals surface area contributed by atoms with Crippen LogP contribution in [0.5, 0.6) is 5.75 Å². The molecule has 3 heterocycles. The van der Waals surface area contributed by atoms with Gasteiger partial charge in [-0.15, -0.1) is 0 Å². The first-order valence-corrected chi connectivity index (χ1v) is 9.42. The van der Waals surface area contributed by atoms with E-state index in [1.165, 1.54) is 12.1 Å². The molecule has 2 aromatic carbocycles. The van der Waals surface area contributed by atoms with Crippen LogP contribution in [0.25, 0.3) is 11.1 Å². The molecule has 2 fully saturated rings. The lowest BCUT2D eigenvalue weighted by Crippen LogP contribution is -2.35. The van der Waals surface area contributed by atoms with Gasteiger partial charge in [0.1, 0.15) is 11.6 Å². The van der Waals surface area contributed by atoms with Crippen LogP contribution in [0, 0.1) is 11.7 Å². The minimum absolute atomic E-state index is 0.0172. The van der Waals surface area contributed by atoms with Gasteiger partial charge in [0.15, 0.2) is 6.61 Å². The molecule has 5 rings (SSSR count). The van der Waals surface area contributed by atoms with Crippen LogP contribution in [0.1, 0.15) is 16.8 Å². The maximum Gasteiger partial charge on any atom is 0.262 e. The Kier molecular flexibility index (Phi) is 4.01. The number of amides is 3. The lowest BCUT2D eigenvalue weighted by molar-refractivity contribution is -0.120. The molecule has 0 radical (unpaired) electrons. The van der Waals surface area contributed by atoms with Crippen LogP contribution in [0.2, 0.25) is 0 Å². The van der Waals surface area contributed by atoms with Crippen LogP contribution in [-0.4, -0.2) is 48.4 Å². The van der Waals surface area contributed by atoms with Crippen molar-refractivity contribution in [3.63, 3.8) is 0 Å². The van der Waals surface area contributed by atoms with Crippen molar-refractivity contribution >= 4 is 23.4 Å². The van der Waals surface area contributed by atoms with E-state index in [1.54, 1.807) is 29.2 Å². The van der Waals surface area contributed by atoms with Crippen molar-refractivity contribution in [1.29, 1.82) is 0 Å². The number of carbonyl (C=O) groups excluding carboxylic acids is 3. The van der Waals surface area contributed by atoms with E-state index >= 15 is 0 Å². The zero-order chi connectivity index (χ0) is 20.1. The summed E-state index contributed by atoms with van der Waals surface area (Å²) in [6.07, 6.45) is 0.422. The lowest BCUT2D eigenvalue weighted by Gasteiger charge is -2.19. The molecule has 8 heteroatoms. The molecule has 0 aromatic heterocycles. The smallest absolute Gasteiger partial charge is 0.262 e. The van der Waals surface area contributed by atoms with Gasteiger partial charge in [0.2, 0.25) is 5.91 Å². The number of rotatable bonds is 2. The average molecular weight is 395 g/mol. The highest BCUT2D eigenvalue weighted by Crippen LogP contribution is 2.34. The second-order valence-corrected chi connectivity index (χ2v) is 7.62. The zero-order valence-corrected chi connectivity index (χ0v) is 15.4. The van der Waals surface area contributed by atoms with Crippen molar-refractivity contribution in [2.75, 3.05) is 25.0 Å². The molecule has 0 aliphatic carbocycles. The molecule has 2 saturated heterocycles. The summed E-state index contributed by atoms with van der Waals surface area (Å²) in [5, 5.41) is 5.61. The maximum absolute atomic E-state index is 14.3. The number of likely N-dealkylation sites (tertiary alicyclic amines) is 1. The highest BCUT2D eigenvalue weighted by molar-refractivity contribution is 5.98. The summed E-state index contributed by atoms with van der Waals surface area (Å²) in [4.78, 5) is 37.6. The molecule has 0 unspecified atom stereocenters.